The molecule has 0 radical (unpaired) electrons. The molecule has 1 heterocycles. The topological polar surface area (TPSA) is 47.6 Å². The maximum atomic E-state index is 12.4. The lowest BCUT2D eigenvalue weighted by atomic mass is 10.0. The molecule has 5 nitrogen and oxygen atoms in total. The Labute approximate surface area is 172 Å². The summed E-state index contributed by atoms with van der Waals surface area (Å²) >= 11 is 5.29. The van der Waals surface area contributed by atoms with Gasteiger partial charge in [0, 0.05) is 43.1 Å². The molecule has 1 fully saturated rings. The predicted molar refractivity (Wildman–Crippen MR) is 120 cm³/mol. The Morgan fingerprint density at radius 3 is 2.14 bits per heavy atom. The van der Waals surface area contributed by atoms with Crippen LogP contribution < -0.4 is 15.5 Å². The Bertz CT molecular complexity index is 809. The first-order valence-corrected chi connectivity index (χ1v) is 10.1. The molecule has 6 heteroatoms. The second-order valence-electron chi connectivity index (χ2n) is 7.52. The van der Waals surface area contributed by atoms with Crippen LogP contribution in [0.4, 0.5) is 11.4 Å². The first-order valence-electron chi connectivity index (χ1n) is 9.68. The van der Waals surface area contributed by atoms with Gasteiger partial charge in [0.05, 0.1) is 0 Å². The van der Waals surface area contributed by atoms with Crippen LogP contribution in [0.25, 0.3) is 0 Å². The monoisotopic (exact) mass is 396 g/mol. The second-order valence-corrected chi connectivity index (χ2v) is 7.93. The Balaban J connectivity index is 1.53. The van der Waals surface area contributed by atoms with Crippen molar-refractivity contribution in [1.82, 2.24) is 10.2 Å². The number of likely N-dealkylation sites (N-methyl/N-ethyl adjacent to an activating group) is 1. The van der Waals surface area contributed by atoms with Gasteiger partial charge in [0.1, 0.15) is 0 Å². The lowest BCUT2D eigenvalue weighted by Crippen LogP contribution is -2.44. The third-order valence-electron chi connectivity index (χ3n) is 5.06. The van der Waals surface area contributed by atoms with Crippen LogP contribution >= 0.6 is 12.2 Å². The van der Waals surface area contributed by atoms with Gasteiger partial charge in [-0.1, -0.05) is 26.0 Å². The van der Waals surface area contributed by atoms with Crippen molar-refractivity contribution in [2.45, 2.75) is 19.8 Å². The summed E-state index contributed by atoms with van der Waals surface area (Å²) in [4.78, 5) is 17.1. The summed E-state index contributed by atoms with van der Waals surface area (Å²) in [6.45, 7) is 8.48. The fourth-order valence-corrected chi connectivity index (χ4v) is 3.39. The van der Waals surface area contributed by atoms with Crippen LogP contribution in [-0.2, 0) is 0 Å². The number of nitrogens with one attached hydrogen (secondary N) is 2. The molecule has 0 bridgehead atoms. The molecule has 0 spiro atoms. The molecule has 2 aromatic carbocycles. The predicted octanol–water partition coefficient (Wildman–Crippen LogP) is 3.69. The van der Waals surface area contributed by atoms with Crippen molar-refractivity contribution < 1.29 is 4.79 Å². The second kappa shape index (κ2) is 9.17. The maximum Gasteiger partial charge on any atom is 0.257 e. The highest BCUT2D eigenvalue weighted by Crippen LogP contribution is 2.19. The number of nitrogens with zero attached hydrogens (tertiary/aromatic N) is 2. The van der Waals surface area contributed by atoms with E-state index >= 15 is 0 Å². The van der Waals surface area contributed by atoms with Crippen LogP contribution in [0.2, 0.25) is 0 Å². The summed E-state index contributed by atoms with van der Waals surface area (Å²) < 4.78 is 0. The standard InChI is InChI=1S/C22H28N4OS/c1-16(2)17-4-6-18(7-5-17)21(27)24-22(28)23-19-8-10-20(11-9-19)26-14-12-25(3)13-15-26/h4-11,16H,12-15H2,1-3H3,(H2,23,24,27,28). The van der Waals surface area contributed by atoms with E-state index in [1.54, 1.807) is 0 Å². The molecule has 2 aromatic rings. The fourth-order valence-electron chi connectivity index (χ4n) is 3.18. The van der Waals surface area contributed by atoms with Crippen LogP contribution in [0.1, 0.15) is 35.7 Å². The first kappa shape index (κ1) is 20.3. The van der Waals surface area contributed by atoms with Gasteiger partial charge in [-0.05, 0) is 67.1 Å². The number of hydrogen-bond donors (Lipinski definition) is 2. The lowest BCUT2D eigenvalue weighted by molar-refractivity contribution is 0.0977. The van der Waals surface area contributed by atoms with Gasteiger partial charge in [0.25, 0.3) is 5.91 Å². The van der Waals surface area contributed by atoms with E-state index in [9.17, 15) is 4.79 Å². The van der Waals surface area contributed by atoms with Crippen LogP contribution in [0.3, 0.4) is 0 Å². The number of benzene rings is 2. The van der Waals surface area contributed by atoms with Crippen molar-refractivity contribution in [2.24, 2.45) is 0 Å². The zero-order chi connectivity index (χ0) is 20.1. The largest absolute Gasteiger partial charge is 0.369 e. The summed E-state index contributed by atoms with van der Waals surface area (Å²) in [7, 11) is 2.15. The van der Waals surface area contributed by atoms with Crippen LogP contribution in [-0.4, -0.2) is 49.1 Å². The Morgan fingerprint density at radius 2 is 1.57 bits per heavy atom. The Morgan fingerprint density at radius 1 is 0.964 bits per heavy atom. The number of hydrogen-bond acceptors (Lipinski definition) is 4. The van der Waals surface area contributed by atoms with Gasteiger partial charge in [-0.3, -0.25) is 10.1 Å². The minimum absolute atomic E-state index is 0.207. The summed E-state index contributed by atoms with van der Waals surface area (Å²) in [5.41, 5.74) is 3.87. The van der Waals surface area contributed by atoms with Crippen molar-refractivity contribution in [3.63, 3.8) is 0 Å². The van der Waals surface area contributed by atoms with Crippen LogP contribution in [0.15, 0.2) is 48.5 Å². The SMILES string of the molecule is CC(C)c1ccc(C(=O)NC(=S)Nc2ccc(N3CCN(C)CC3)cc2)cc1. The van der Waals surface area contributed by atoms with E-state index in [0.717, 1.165) is 31.9 Å². The van der Waals surface area contributed by atoms with E-state index in [0.29, 0.717) is 16.6 Å². The number of carbonyl (C=O) groups is 1. The van der Waals surface area contributed by atoms with Crippen LogP contribution in [0.5, 0.6) is 0 Å². The molecule has 1 aliphatic rings. The molecule has 28 heavy (non-hydrogen) atoms. The number of piperazine rings is 1. The zero-order valence-electron chi connectivity index (χ0n) is 16.7. The van der Waals surface area contributed by atoms with Gasteiger partial charge in [0.15, 0.2) is 5.11 Å². The third kappa shape index (κ3) is 5.30. The molecule has 2 N–H and O–H groups in total. The fraction of sp³-hybridized carbons (Fsp3) is 0.364. The number of anilines is 2. The number of thiocarbonyl (C=S) groups is 1. The van der Waals surface area contributed by atoms with E-state index in [1.165, 1.54) is 11.3 Å². The maximum absolute atomic E-state index is 12.4. The minimum atomic E-state index is -0.207. The highest BCUT2D eigenvalue weighted by Gasteiger charge is 2.14. The minimum Gasteiger partial charge on any atom is -0.369 e. The first-order chi connectivity index (χ1) is 13.4. The van der Waals surface area contributed by atoms with Gasteiger partial charge in [-0.15, -0.1) is 0 Å². The summed E-state index contributed by atoms with van der Waals surface area (Å²) in [5, 5.41) is 6.12. The van der Waals surface area contributed by atoms with Crippen molar-refractivity contribution in [2.75, 3.05) is 43.4 Å². The Kier molecular flexibility index (Phi) is 6.65. The third-order valence-corrected chi connectivity index (χ3v) is 5.26. The molecule has 0 atom stereocenters. The number of carbonyl (C=O) groups excluding carboxylic acids is 1. The summed E-state index contributed by atoms with van der Waals surface area (Å²) in [5.74, 6) is 0.232. The van der Waals surface area contributed by atoms with E-state index in [2.05, 4.69) is 53.5 Å². The molecule has 3 rings (SSSR count). The Hall–Kier alpha value is -2.44. The van der Waals surface area contributed by atoms with Gasteiger partial charge in [-0.25, -0.2) is 0 Å². The van der Waals surface area contributed by atoms with E-state index in [1.807, 2.05) is 36.4 Å². The quantitative estimate of drug-likeness (QED) is 0.772. The zero-order valence-corrected chi connectivity index (χ0v) is 17.6. The highest BCUT2D eigenvalue weighted by molar-refractivity contribution is 7.80. The van der Waals surface area contributed by atoms with Gasteiger partial charge in [0.2, 0.25) is 0 Å². The molecule has 1 aliphatic heterocycles. The number of rotatable bonds is 4. The number of amides is 1. The average molecular weight is 397 g/mol. The molecule has 0 unspecified atom stereocenters. The summed E-state index contributed by atoms with van der Waals surface area (Å²) in [6.07, 6.45) is 0. The van der Waals surface area contributed by atoms with Crippen molar-refractivity contribution >= 4 is 34.6 Å². The van der Waals surface area contributed by atoms with Crippen molar-refractivity contribution in [1.29, 1.82) is 0 Å². The molecule has 1 saturated heterocycles. The normalized spacial score (nSPS) is 14.8. The average Bonchev–Trinajstić information content (AvgIpc) is 2.69. The van der Waals surface area contributed by atoms with E-state index in [4.69, 9.17) is 12.2 Å². The molecule has 1 amide bonds. The van der Waals surface area contributed by atoms with Crippen molar-refractivity contribution in [3.05, 3.63) is 59.7 Å². The smallest absolute Gasteiger partial charge is 0.257 e. The lowest BCUT2D eigenvalue weighted by Gasteiger charge is -2.34. The van der Waals surface area contributed by atoms with Gasteiger partial charge in [-0.2, -0.15) is 0 Å². The molecule has 0 aliphatic carbocycles. The molecule has 0 aromatic heterocycles. The van der Waals surface area contributed by atoms with Gasteiger partial charge < -0.3 is 15.1 Å². The molecular weight excluding hydrogens is 368 g/mol. The van der Waals surface area contributed by atoms with Gasteiger partial charge >= 0.3 is 0 Å². The van der Waals surface area contributed by atoms with E-state index < -0.39 is 0 Å². The van der Waals surface area contributed by atoms with Crippen molar-refractivity contribution in [3.8, 4) is 0 Å². The van der Waals surface area contributed by atoms with E-state index in [-0.39, 0.29) is 5.91 Å². The highest BCUT2D eigenvalue weighted by atomic mass is 32.1. The summed E-state index contributed by atoms with van der Waals surface area (Å²) in [6, 6.07) is 15.8. The molecule has 0 saturated carbocycles. The molecule has 148 valence electrons. The van der Waals surface area contributed by atoms with Crippen LogP contribution in [0, 0.1) is 0 Å². The molecular formula is C22H28N4OS.